The highest BCUT2D eigenvalue weighted by Crippen LogP contribution is 2.30. The number of nitrogens with one attached hydrogen (secondary N) is 1. The molecule has 2 rings (SSSR count). The Morgan fingerprint density at radius 3 is 2.63 bits per heavy atom. The number of furan rings is 1. The summed E-state index contributed by atoms with van der Waals surface area (Å²) in [6.07, 6.45) is -0.985. The second kappa shape index (κ2) is 5.46. The summed E-state index contributed by atoms with van der Waals surface area (Å²) in [6, 6.07) is 6.64. The average molecular weight is 270 g/mol. The van der Waals surface area contributed by atoms with Gasteiger partial charge in [0.25, 0.3) is 0 Å². The predicted octanol–water partition coefficient (Wildman–Crippen LogP) is 3.05. The molecule has 1 heterocycles. The first-order valence-electron chi connectivity index (χ1n) is 5.65. The van der Waals surface area contributed by atoms with Gasteiger partial charge in [-0.3, -0.25) is 11.3 Å². The first kappa shape index (κ1) is 13.6. The van der Waals surface area contributed by atoms with Crippen molar-refractivity contribution in [2.75, 3.05) is 0 Å². The van der Waals surface area contributed by atoms with Gasteiger partial charge in [-0.1, -0.05) is 18.2 Å². The number of benzene rings is 1. The molecule has 19 heavy (non-hydrogen) atoms. The van der Waals surface area contributed by atoms with Crippen molar-refractivity contribution in [3.05, 3.63) is 59.5 Å². The topological polar surface area (TPSA) is 51.2 Å². The molecule has 0 saturated carbocycles. The molecule has 1 atom stereocenters. The molecular weight excluding hydrogens is 257 g/mol. The van der Waals surface area contributed by atoms with Crippen LogP contribution in [0, 0.1) is 0 Å². The summed E-state index contributed by atoms with van der Waals surface area (Å²) in [5.41, 5.74) is 3.26. The highest BCUT2D eigenvalue weighted by atomic mass is 19.4. The summed E-state index contributed by atoms with van der Waals surface area (Å²) in [7, 11) is 0. The van der Waals surface area contributed by atoms with Crippen LogP contribution in [0.3, 0.4) is 0 Å². The molecule has 0 spiro atoms. The van der Waals surface area contributed by atoms with Crippen molar-refractivity contribution in [2.45, 2.75) is 18.6 Å². The molecule has 0 saturated heterocycles. The van der Waals surface area contributed by atoms with Crippen LogP contribution in [-0.4, -0.2) is 0 Å². The van der Waals surface area contributed by atoms with Gasteiger partial charge in [0.15, 0.2) is 0 Å². The van der Waals surface area contributed by atoms with E-state index < -0.39 is 11.7 Å². The van der Waals surface area contributed by atoms with Gasteiger partial charge in [-0.25, -0.2) is 0 Å². The minimum Gasteiger partial charge on any atom is -0.472 e. The van der Waals surface area contributed by atoms with Gasteiger partial charge in [-0.05, 0) is 24.1 Å². The molecule has 0 amide bonds. The number of nitrogens with two attached hydrogens (primary N) is 1. The lowest BCUT2D eigenvalue weighted by atomic mass is 10.00. The molecule has 0 aliphatic carbocycles. The fraction of sp³-hybridized carbons (Fsp3) is 0.231. The van der Waals surface area contributed by atoms with Crippen molar-refractivity contribution in [1.29, 1.82) is 0 Å². The van der Waals surface area contributed by atoms with E-state index in [0.717, 1.165) is 17.7 Å². The van der Waals surface area contributed by atoms with E-state index in [1.54, 1.807) is 12.1 Å². The average Bonchev–Trinajstić information content (AvgIpc) is 2.89. The van der Waals surface area contributed by atoms with Crippen molar-refractivity contribution >= 4 is 0 Å². The van der Waals surface area contributed by atoms with Crippen LogP contribution in [0.25, 0.3) is 0 Å². The van der Waals surface area contributed by atoms with E-state index in [4.69, 9.17) is 10.3 Å². The zero-order valence-electron chi connectivity index (χ0n) is 9.95. The van der Waals surface area contributed by atoms with Gasteiger partial charge in [0.05, 0.1) is 24.1 Å². The molecule has 0 radical (unpaired) electrons. The van der Waals surface area contributed by atoms with Crippen LogP contribution in [0.5, 0.6) is 0 Å². The molecule has 1 aromatic heterocycles. The monoisotopic (exact) mass is 270 g/mol. The van der Waals surface area contributed by atoms with E-state index in [0.29, 0.717) is 12.0 Å². The van der Waals surface area contributed by atoms with Crippen molar-refractivity contribution < 1.29 is 17.6 Å². The predicted molar refractivity (Wildman–Crippen MR) is 63.9 cm³/mol. The van der Waals surface area contributed by atoms with E-state index in [9.17, 15) is 13.2 Å². The Kier molecular flexibility index (Phi) is 3.92. The van der Waals surface area contributed by atoms with E-state index in [1.165, 1.54) is 18.6 Å². The molecule has 0 aliphatic heterocycles. The lowest BCUT2D eigenvalue weighted by Crippen LogP contribution is -2.29. The number of alkyl halides is 3. The third kappa shape index (κ3) is 3.36. The standard InChI is InChI=1S/C13H13F3N2O/c14-13(15,16)11-3-1-2-9(6-11)7-12(18-17)10-4-5-19-8-10/h1-6,8,12,18H,7,17H2. The Balaban J connectivity index is 2.19. The molecule has 3 N–H and O–H groups in total. The van der Waals surface area contributed by atoms with E-state index in [2.05, 4.69) is 5.43 Å². The van der Waals surface area contributed by atoms with Crippen LogP contribution >= 0.6 is 0 Å². The fourth-order valence-electron chi connectivity index (χ4n) is 1.86. The van der Waals surface area contributed by atoms with Crippen LogP contribution in [0.4, 0.5) is 13.2 Å². The number of hydrogen-bond acceptors (Lipinski definition) is 3. The van der Waals surface area contributed by atoms with E-state index in [-0.39, 0.29) is 6.04 Å². The third-order valence-corrected chi connectivity index (χ3v) is 2.84. The summed E-state index contributed by atoms with van der Waals surface area (Å²) >= 11 is 0. The van der Waals surface area contributed by atoms with Gasteiger partial charge in [-0.15, -0.1) is 0 Å². The zero-order valence-corrected chi connectivity index (χ0v) is 9.95. The molecule has 0 aliphatic rings. The van der Waals surface area contributed by atoms with Crippen LogP contribution in [0.1, 0.15) is 22.7 Å². The smallest absolute Gasteiger partial charge is 0.416 e. The Morgan fingerprint density at radius 2 is 2.05 bits per heavy atom. The minimum absolute atomic E-state index is 0.290. The molecular formula is C13H13F3N2O. The van der Waals surface area contributed by atoms with Gasteiger partial charge in [-0.2, -0.15) is 13.2 Å². The van der Waals surface area contributed by atoms with Gasteiger partial charge in [0.1, 0.15) is 0 Å². The lowest BCUT2D eigenvalue weighted by molar-refractivity contribution is -0.137. The highest BCUT2D eigenvalue weighted by molar-refractivity contribution is 5.27. The summed E-state index contributed by atoms with van der Waals surface area (Å²) in [4.78, 5) is 0. The van der Waals surface area contributed by atoms with Crippen molar-refractivity contribution in [3.8, 4) is 0 Å². The number of rotatable bonds is 4. The first-order valence-corrected chi connectivity index (χ1v) is 5.65. The molecule has 102 valence electrons. The van der Waals surface area contributed by atoms with Gasteiger partial charge in [0, 0.05) is 5.56 Å². The normalized spacial score (nSPS) is 13.5. The highest BCUT2D eigenvalue weighted by Gasteiger charge is 2.30. The summed E-state index contributed by atoms with van der Waals surface area (Å²) < 4.78 is 42.8. The maximum atomic E-state index is 12.6. The first-order chi connectivity index (χ1) is 9.00. The molecule has 1 aromatic carbocycles. The Bertz CT molecular complexity index is 523. The Morgan fingerprint density at radius 1 is 1.26 bits per heavy atom. The van der Waals surface area contributed by atoms with Crippen molar-refractivity contribution in [1.82, 2.24) is 5.43 Å². The Labute approximate surface area is 108 Å². The summed E-state index contributed by atoms with van der Waals surface area (Å²) in [5.74, 6) is 5.42. The SMILES string of the molecule is NNC(Cc1cccc(C(F)(F)F)c1)c1ccoc1. The molecule has 0 bridgehead atoms. The van der Waals surface area contributed by atoms with Crippen LogP contribution in [0.15, 0.2) is 47.3 Å². The van der Waals surface area contributed by atoms with Crippen LogP contribution < -0.4 is 11.3 Å². The van der Waals surface area contributed by atoms with Crippen LogP contribution in [-0.2, 0) is 12.6 Å². The lowest BCUT2D eigenvalue weighted by Gasteiger charge is -2.15. The fourth-order valence-corrected chi connectivity index (χ4v) is 1.86. The number of halogens is 3. The maximum absolute atomic E-state index is 12.6. The second-order valence-electron chi connectivity index (χ2n) is 4.18. The van der Waals surface area contributed by atoms with Gasteiger partial charge >= 0.3 is 6.18 Å². The molecule has 3 nitrogen and oxygen atoms in total. The number of hydrogen-bond donors (Lipinski definition) is 2. The molecule has 0 fully saturated rings. The minimum atomic E-state index is -4.34. The van der Waals surface area contributed by atoms with Crippen molar-refractivity contribution in [2.24, 2.45) is 5.84 Å². The molecule has 2 aromatic rings. The van der Waals surface area contributed by atoms with Gasteiger partial charge in [0.2, 0.25) is 0 Å². The molecule has 6 heteroatoms. The maximum Gasteiger partial charge on any atom is 0.416 e. The quantitative estimate of drug-likeness (QED) is 0.663. The van der Waals surface area contributed by atoms with E-state index in [1.807, 2.05) is 0 Å². The Hall–Kier alpha value is -1.79. The summed E-state index contributed by atoms with van der Waals surface area (Å²) in [6.45, 7) is 0. The summed E-state index contributed by atoms with van der Waals surface area (Å²) in [5, 5.41) is 0. The van der Waals surface area contributed by atoms with Crippen molar-refractivity contribution in [3.63, 3.8) is 0 Å². The zero-order chi connectivity index (χ0) is 13.9. The second-order valence-corrected chi connectivity index (χ2v) is 4.18. The van der Waals surface area contributed by atoms with E-state index >= 15 is 0 Å². The third-order valence-electron chi connectivity index (χ3n) is 2.84. The largest absolute Gasteiger partial charge is 0.472 e. The number of hydrazine groups is 1. The van der Waals surface area contributed by atoms with Gasteiger partial charge < -0.3 is 4.42 Å². The van der Waals surface area contributed by atoms with Crippen LogP contribution in [0.2, 0.25) is 0 Å². The molecule has 1 unspecified atom stereocenters.